The van der Waals surface area contributed by atoms with E-state index in [1.807, 2.05) is 48.5 Å². The Morgan fingerprint density at radius 2 is 0.986 bits per heavy atom. The van der Waals surface area contributed by atoms with Crippen LogP contribution in [-0.4, -0.2) is 57.6 Å². The van der Waals surface area contributed by atoms with Crippen molar-refractivity contribution in [3.05, 3.63) is 154 Å². The third-order valence-corrected chi connectivity index (χ3v) is 15.8. The Morgan fingerprint density at radius 3 is 1.47 bits per heavy atom. The van der Waals surface area contributed by atoms with Gasteiger partial charge in [0, 0.05) is 82.7 Å². The number of anilines is 3. The number of rotatable bonds is 22. The minimum Gasteiger partial charge on any atom is -0.477 e. The molecule has 9 rings (SSSR count). The second kappa shape index (κ2) is 22.3. The van der Waals surface area contributed by atoms with Gasteiger partial charge in [-0.2, -0.15) is 5.26 Å². The highest BCUT2D eigenvalue weighted by Crippen LogP contribution is 2.49. The summed E-state index contributed by atoms with van der Waals surface area (Å²) >= 11 is 2.67. The molecular formula is C60H56N4O6S2. The normalized spacial score (nSPS) is 13.3. The number of imide groups is 2. The van der Waals surface area contributed by atoms with Gasteiger partial charge in [-0.05, 0) is 97.3 Å². The molecule has 7 aromatic rings. The van der Waals surface area contributed by atoms with Gasteiger partial charge in [-0.3, -0.25) is 29.0 Å². The number of carboxylic acid groups (broad SMARTS) is 1. The van der Waals surface area contributed by atoms with E-state index in [2.05, 4.69) is 67.3 Å². The lowest BCUT2D eigenvalue weighted by Gasteiger charge is -2.34. The predicted octanol–water partition coefficient (Wildman–Crippen LogP) is 15.3. The molecule has 0 saturated carbocycles. The van der Waals surface area contributed by atoms with Gasteiger partial charge in [-0.25, -0.2) is 4.79 Å². The number of nitrogens with zero attached hydrogens (tertiary/aromatic N) is 4. The number of carbonyl (C=O) groups excluding carboxylic acids is 4. The highest BCUT2D eigenvalue weighted by molar-refractivity contribution is 7.19. The molecule has 0 spiro atoms. The van der Waals surface area contributed by atoms with E-state index in [1.54, 1.807) is 30.3 Å². The van der Waals surface area contributed by atoms with Crippen LogP contribution in [0.1, 0.15) is 137 Å². The van der Waals surface area contributed by atoms with Gasteiger partial charge < -0.3 is 10.0 Å². The van der Waals surface area contributed by atoms with Gasteiger partial charge in [0.25, 0.3) is 23.6 Å². The van der Waals surface area contributed by atoms with Gasteiger partial charge in [-0.1, -0.05) is 127 Å². The van der Waals surface area contributed by atoms with Crippen molar-refractivity contribution in [1.82, 2.24) is 9.80 Å². The van der Waals surface area contributed by atoms with Crippen LogP contribution in [0, 0.1) is 11.3 Å². The number of para-hydroxylation sites is 2. The number of carboxylic acids is 1. The molecule has 0 aliphatic carbocycles. The number of carbonyl (C=O) groups is 5. The molecule has 4 amide bonds. The Morgan fingerprint density at radius 1 is 0.542 bits per heavy atom. The van der Waals surface area contributed by atoms with Crippen LogP contribution in [0.15, 0.2) is 127 Å². The van der Waals surface area contributed by atoms with Gasteiger partial charge in [0.2, 0.25) is 0 Å². The lowest BCUT2D eigenvalue weighted by molar-refractivity contribution is -0.132. The topological polar surface area (TPSA) is 139 Å². The van der Waals surface area contributed by atoms with E-state index in [4.69, 9.17) is 0 Å². The van der Waals surface area contributed by atoms with Crippen molar-refractivity contribution in [3.8, 4) is 37.4 Å². The van der Waals surface area contributed by atoms with E-state index < -0.39 is 35.2 Å². The fourth-order valence-corrected chi connectivity index (χ4v) is 11.9. The number of thiophene rings is 2. The highest BCUT2D eigenvalue weighted by Gasteiger charge is 2.43. The Labute approximate surface area is 428 Å². The van der Waals surface area contributed by atoms with E-state index in [1.165, 1.54) is 38.5 Å². The molecule has 0 bridgehead atoms. The summed E-state index contributed by atoms with van der Waals surface area (Å²) in [7, 11) is 0. The number of amides is 4. The van der Waals surface area contributed by atoms with E-state index >= 15 is 9.59 Å². The Bertz CT molecular complexity index is 3220. The summed E-state index contributed by atoms with van der Waals surface area (Å²) in [5.74, 6) is -3.31. The fourth-order valence-electron chi connectivity index (χ4n) is 9.93. The Hall–Kier alpha value is -7.46. The number of benzene rings is 5. The monoisotopic (exact) mass is 992 g/mol. The summed E-state index contributed by atoms with van der Waals surface area (Å²) in [4.78, 5) is 79.5. The lowest BCUT2D eigenvalue weighted by atomic mass is 9.80. The molecule has 72 heavy (non-hydrogen) atoms. The van der Waals surface area contributed by atoms with Crippen molar-refractivity contribution < 1.29 is 29.1 Å². The van der Waals surface area contributed by atoms with Gasteiger partial charge in [0.05, 0.1) is 11.1 Å². The molecule has 0 atom stereocenters. The van der Waals surface area contributed by atoms with Crippen molar-refractivity contribution in [2.45, 2.75) is 90.9 Å². The summed E-state index contributed by atoms with van der Waals surface area (Å²) in [6, 6.07) is 41.3. The first-order valence-electron chi connectivity index (χ1n) is 25.1. The summed E-state index contributed by atoms with van der Waals surface area (Å²) in [6.07, 6.45) is 12.7. The first kappa shape index (κ1) is 49.5. The molecule has 2 aliphatic heterocycles. The molecule has 1 N–H and O–H groups in total. The SMILES string of the molecule is CCCCCCCCN1C(=O)c2cc(-c3ccc(-c4ccc(N(c5ccccc5)c5ccccc5)cc4)s3)c3c4c(cc(-c5ccc(/C=C(/C#N)C(=O)O)s5)c(c24)C1=O)C(=O)N(CCCCCCCC)C3=O. The molecule has 2 aromatic heterocycles. The molecule has 12 heteroatoms. The van der Waals surface area contributed by atoms with E-state index in [-0.39, 0.29) is 40.7 Å². The van der Waals surface area contributed by atoms with Crippen molar-refractivity contribution >= 4 is 86.2 Å². The second-order valence-electron chi connectivity index (χ2n) is 18.4. The van der Waals surface area contributed by atoms with Crippen LogP contribution in [0.25, 0.3) is 48.2 Å². The molecule has 0 unspecified atom stereocenters. The zero-order valence-electron chi connectivity index (χ0n) is 40.6. The maximum absolute atomic E-state index is 15.2. The third kappa shape index (κ3) is 9.92. The summed E-state index contributed by atoms with van der Waals surface area (Å²) in [5.41, 5.74) is 5.45. The average molecular weight is 993 g/mol. The maximum atomic E-state index is 15.2. The number of hydrogen-bond donors (Lipinski definition) is 1. The van der Waals surface area contributed by atoms with Crippen LogP contribution in [0.5, 0.6) is 0 Å². The summed E-state index contributed by atoms with van der Waals surface area (Å²) < 4.78 is 0. The Kier molecular flexibility index (Phi) is 15.3. The molecule has 0 radical (unpaired) electrons. The fraction of sp³-hybridized carbons (Fsp3) is 0.267. The van der Waals surface area contributed by atoms with Crippen LogP contribution in [0.2, 0.25) is 0 Å². The number of hydrogen-bond acceptors (Lipinski definition) is 9. The van der Waals surface area contributed by atoms with E-state index in [0.717, 1.165) is 96.6 Å². The van der Waals surface area contributed by atoms with Gasteiger partial charge in [0.15, 0.2) is 0 Å². The molecule has 364 valence electrons. The molecule has 4 heterocycles. The number of aliphatic carboxylic acids is 1. The number of unbranched alkanes of at least 4 members (excludes halogenated alkanes) is 10. The first-order chi connectivity index (χ1) is 35.1. The largest absolute Gasteiger partial charge is 0.477 e. The van der Waals surface area contributed by atoms with Crippen LogP contribution in [0.3, 0.4) is 0 Å². The van der Waals surface area contributed by atoms with E-state index in [9.17, 15) is 24.8 Å². The zero-order chi connectivity index (χ0) is 50.3. The third-order valence-electron chi connectivity index (χ3n) is 13.6. The predicted molar refractivity (Wildman–Crippen MR) is 289 cm³/mol. The second-order valence-corrected chi connectivity index (χ2v) is 20.6. The van der Waals surface area contributed by atoms with Crippen molar-refractivity contribution in [3.63, 3.8) is 0 Å². The Balaban J connectivity index is 1.18. The highest BCUT2D eigenvalue weighted by atomic mass is 32.1. The van der Waals surface area contributed by atoms with Gasteiger partial charge in [-0.15, -0.1) is 22.7 Å². The maximum Gasteiger partial charge on any atom is 0.346 e. The molecule has 2 aliphatic rings. The van der Waals surface area contributed by atoms with Crippen LogP contribution in [-0.2, 0) is 4.79 Å². The molecule has 10 nitrogen and oxygen atoms in total. The smallest absolute Gasteiger partial charge is 0.346 e. The van der Waals surface area contributed by atoms with Crippen LogP contribution < -0.4 is 4.90 Å². The molecule has 0 fully saturated rings. The minimum atomic E-state index is -1.37. The standard InChI is InChI=1S/C60H56N4O6S2/c1-3-5-7-9-11-19-33-62-57(66)48-37-46(51-32-31-49(72-51)39-25-27-43(28-26-39)64(41-21-15-13-16-22-41)42-23-17-14-18-24-42)55-53-47(56(65)63(59(55)68)34-20-12-10-8-6-4-2)36-45(54(52(48)53)58(62)67)50-30-29-44(71-50)35-40(38-61)60(69)70/h13-18,21-32,35-37H,3-12,19-20,33-34H2,1-2H3,(H,69,70)/b40-35-. The van der Waals surface area contributed by atoms with Crippen LogP contribution >= 0.6 is 22.7 Å². The average Bonchev–Trinajstić information content (AvgIpc) is 4.09. The summed E-state index contributed by atoms with van der Waals surface area (Å²) in [5, 5.41) is 19.8. The molecule has 0 saturated heterocycles. The quantitative estimate of drug-likeness (QED) is 0.0306. The minimum absolute atomic E-state index is 0.195. The number of nitriles is 1. The van der Waals surface area contributed by atoms with Crippen LogP contribution in [0.4, 0.5) is 17.1 Å². The van der Waals surface area contributed by atoms with Gasteiger partial charge >= 0.3 is 5.97 Å². The summed E-state index contributed by atoms with van der Waals surface area (Å²) in [6.45, 7) is 4.71. The molecule has 5 aromatic carbocycles. The van der Waals surface area contributed by atoms with E-state index in [0.29, 0.717) is 39.1 Å². The zero-order valence-corrected chi connectivity index (χ0v) is 42.3. The first-order valence-corrected chi connectivity index (χ1v) is 26.7. The molecular weight excluding hydrogens is 937 g/mol. The van der Waals surface area contributed by atoms with Crippen molar-refractivity contribution in [2.24, 2.45) is 0 Å². The lowest BCUT2D eigenvalue weighted by Crippen LogP contribution is -2.44. The van der Waals surface area contributed by atoms with Crippen molar-refractivity contribution in [1.29, 1.82) is 5.26 Å². The van der Waals surface area contributed by atoms with Crippen molar-refractivity contribution in [2.75, 3.05) is 18.0 Å². The van der Waals surface area contributed by atoms with Gasteiger partial charge in [0.1, 0.15) is 11.6 Å².